The molecule has 1 amide bonds. The van der Waals surface area contributed by atoms with E-state index in [0.717, 1.165) is 3.57 Å². The molecule has 0 unspecified atom stereocenters. The van der Waals surface area contributed by atoms with Crippen LogP contribution in [-0.4, -0.2) is 20.1 Å². The molecule has 5 nitrogen and oxygen atoms in total. The van der Waals surface area contributed by atoms with Gasteiger partial charge in [-0.15, -0.1) is 0 Å². The number of halogens is 1. The number of nitriles is 1. The minimum absolute atomic E-state index is 0.0267. The van der Waals surface area contributed by atoms with Crippen molar-refractivity contribution in [1.29, 1.82) is 5.26 Å². The Kier molecular flexibility index (Phi) is 6.21. The fourth-order valence-corrected chi connectivity index (χ4v) is 2.53. The van der Waals surface area contributed by atoms with E-state index in [9.17, 15) is 10.1 Å². The first kappa shape index (κ1) is 17.8. The monoisotopic (exact) mass is 434 g/mol. The van der Waals surface area contributed by atoms with Gasteiger partial charge in [-0.2, -0.15) is 5.26 Å². The largest absolute Gasteiger partial charge is 0.497 e. The van der Waals surface area contributed by atoms with Crippen LogP contribution in [0.25, 0.3) is 6.08 Å². The summed E-state index contributed by atoms with van der Waals surface area (Å²) in [5.74, 6) is 0.675. The highest BCUT2D eigenvalue weighted by atomic mass is 127. The van der Waals surface area contributed by atoms with Gasteiger partial charge in [0.15, 0.2) is 0 Å². The van der Waals surface area contributed by atoms with Crippen molar-refractivity contribution in [3.63, 3.8) is 0 Å². The van der Waals surface area contributed by atoms with Crippen LogP contribution in [0.3, 0.4) is 0 Å². The number of hydrogen-bond acceptors (Lipinski definition) is 4. The molecule has 0 fully saturated rings. The summed E-state index contributed by atoms with van der Waals surface area (Å²) in [6.07, 6.45) is 1.48. The molecular formula is C18H15IN2O3. The number of rotatable bonds is 5. The molecule has 6 heteroatoms. The Morgan fingerprint density at radius 2 is 1.96 bits per heavy atom. The van der Waals surface area contributed by atoms with Crippen LogP contribution < -0.4 is 14.8 Å². The Hall–Kier alpha value is -2.53. The van der Waals surface area contributed by atoms with E-state index in [4.69, 9.17) is 9.47 Å². The first-order chi connectivity index (χ1) is 11.6. The maximum absolute atomic E-state index is 12.4. The minimum atomic E-state index is -0.480. The molecule has 0 aromatic heterocycles. The zero-order valence-electron chi connectivity index (χ0n) is 13.2. The lowest BCUT2D eigenvalue weighted by Gasteiger charge is -2.09. The number of methoxy groups -OCH3 is 2. The molecule has 0 spiro atoms. The number of ether oxygens (including phenoxy) is 2. The van der Waals surface area contributed by atoms with Crippen LogP contribution in [0.5, 0.6) is 11.5 Å². The third kappa shape index (κ3) is 4.26. The van der Waals surface area contributed by atoms with Crippen molar-refractivity contribution in [2.45, 2.75) is 0 Å². The second-order valence-corrected chi connectivity index (χ2v) is 5.87. The Morgan fingerprint density at radius 3 is 2.58 bits per heavy atom. The highest BCUT2D eigenvalue weighted by molar-refractivity contribution is 14.1. The van der Waals surface area contributed by atoms with Crippen molar-refractivity contribution < 1.29 is 14.3 Å². The molecule has 0 aliphatic heterocycles. The third-order valence-corrected chi connectivity index (χ3v) is 4.16. The normalized spacial score (nSPS) is 10.7. The lowest BCUT2D eigenvalue weighted by Crippen LogP contribution is -2.14. The van der Waals surface area contributed by atoms with Crippen molar-refractivity contribution >= 4 is 40.3 Å². The first-order valence-corrected chi connectivity index (χ1v) is 8.06. The number of nitrogens with zero attached hydrogens (tertiary/aromatic N) is 1. The standard InChI is InChI=1S/C18H15IN2O3/c1-23-14-7-8-17(24-2)12(10-14)9-13(11-20)18(22)21-16-6-4-3-5-15(16)19/h3-10H,1-2H3,(H,21,22)/b13-9+. The molecule has 0 aliphatic carbocycles. The average molecular weight is 434 g/mol. The second kappa shape index (κ2) is 8.36. The van der Waals surface area contributed by atoms with Crippen molar-refractivity contribution in [3.8, 4) is 17.6 Å². The molecule has 0 radical (unpaired) electrons. The molecule has 0 saturated carbocycles. The molecule has 0 aliphatic rings. The van der Waals surface area contributed by atoms with E-state index in [0.29, 0.717) is 22.7 Å². The van der Waals surface area contributed by atoms with Crippen LogP contribution in [0.4, 0.5) is 5.69 Å². The lowest BCUT2D eigenvalue weighted by molar-refractivity contribution is -0.112. The first-order valence-electron chi connectivity index (χ1n) is 6.98. The number of carbonyl (C=O) groups is 1. The number of carbonyl (C=O) groups excluding carboxylic acids is 1. The van der Waals surface area contributed by atoms with E-state index in [-0.39, 0.29) is 5.57 Å². The van der Waals surface area contributed by atoms with E-state index >= 15 is 0 Å². The van der Waals surface area contributed by atoms with Crippen LogP contribution >= 0.6 is 22.6 Å². The molecule has 24 heavy (non-hydrogen) atoms. The average Bonchev–Trinajstić information content (AvgIpc) is 2.61. The predicted octanol–water partition coefficient (Wildman–Crippen LogP) is 3.85. The van der Waals surface area contributed by atoms with Gasteiger partial charge in [0.25, 0.3) is 5.91 Å². The van der Waals surface area contributed by atoms with Gasteiger partial charge in [-0.1, -0.05) is 12.1 Å². The topological polar surface area (TPSA) is 71.3 Å². The molecule has 2 aromatic rings. The van der Waals surface area contributed by atoms with Crippen molar-refractivity contribution in [1.82, 2.24) is 0 Å². The molecule has 0 bridgehead atoms. The SMILES string of the molecule is COc1ccc(OC)c(/C=C(\C#N)C(=O)Nc2ccccc2I)c1. The maximum atomic E-state index is 12.4. The Morgan fingerprint density at radius 1 is 1.21 bits per heavy atom. The van der Waals surface area contributed by atoms with Gasteiger partial charge in [0.2, 0.25) is 0 Å². The van der Waals surface area contributed by atoms with Crippen LogP contribution in [0.15, 0.2) is 48.0 Å². The fraction of sp³-hybridized carbons (Fsp3) is 0.111. The molecule has 0 heterocycles. The summed E-state index contributed by atoms with van der Waals surface area (Å²) in [6.45, 7) is 0. The predicted molar refractivity (Wildman–Crippen MR) is 101 cm³/mol. The molecule has 0 saturated heterocycles. The molecule has 1 N–H and O–H groups in total. The van der Waals surface area contributed by atoms with Crippen molar-refractivity contribution in [2.24, 2.45) is 0 Å². The lowest BCUT2D eigenvalue weighted by atomic mass is 10.1. The van der Waals surface area contributed by atoms with E-state index in [2.05, 4.69) is 27.9 Å². The molecule has 2 aromatic carbocycles. The Bertz CT molecular complexity index is 825. The third-order valence-electron chi connectivity index (χ3n) is 3.22. The number of para-hydroxylation sites is 1. The molecule has 0 atom stereocenters. The second-order valence-electron chi connectivity index (χ2n) is 4.71. The summed E-state index contributed by atoms with van der Waals surface area (Å²) in [6, 6.07) is 14.4. The summed E-state index contributed by atoms with van der Waals surface area (Å²) >= 11 is 2.12. The van der Waals surface area contributed by atoms with Crippen LogP contribution in [-0.2, 0) is 4.79 Å². The van der Waals surface area contributed by atoms with Gasteiger partial charge in [0, 0.05) is 9.13 Å². The van der Waals surface area contributed by atoms with Gasteiger partial charge in [0.1, 0.15) is 23.1 Å². The highest BCUT2D eigenvalue weighted by Crippen LogP contribution is 2.26. The summed E-state index contributed by atoms with van der Waals surface area (Å²) < 4.78 is 11.3. The zero-order chi connectivity index (χ0) is 17.5. The van der Waals surface area contributed by atoms with E-state index in [1.165, 1.54) is 13.2 Å². The quantitative estimate of drug-likeness (QED) is 0.441. The summed E-state index contributed by atoms with van der Waals surface area (Å²) in [5.41, 5.74) is 1.22. The Balaban J connectivity index is 2.34. The van der Waals surface area contributed by atoms with E-state index in [1.807, 2.05) is 24.3 Å². The van der Waals surface area contributed by atoms with Gasteiger partial charge in [-0.05, 0) is 59.0 Å². The zero-order valence-corrected chi connectivity index (χ0v) is 15.3. The van der Waals surface area contributed by atoms with Crippen molar-refractivity contribution in [2.75, 3.05) is 19.5 Å². The van der Waals surface area contributed by atoms with Gasteiger partial charge >= 0.3 is 0 Å². The fourth-order valence-electron chi connectivity index (χ4n) is 2.01. The smallest absolute Gasteiger partial charge is 0.266 e. The number of hydrogen-bond donors (Lipinski definition) is 1. The molecular weight excluding hydrogens is 419 g/mol. The number of anilines is 1. The highest BCUT2D eigenvalue weighted by Gasteiger charge is 2.13. The summed E-state index contributed by atoms with van der Waals surface area (Å²) in [4.78, 5) is 12.4. The van der Waals surface area contributed by atoms with Gasteiger partial charge in [0.05, 0.1) is 19.9 Å². The molecule has 122 valence electrons. The Labute approximate surface area is 154 Å². The number of amides is 1. The van der Waals surface area contributed by atoms with Crippen LogP contribution in [0.1, 0.15) is 5.56 Å². The van der Waals surface area contributed by atoms with Crippen LogP contribution in [0.2, 0.25) is 0 Å². The summed E-state index contributed by atoms with van der Waals surface area (Å²) in [7, 11) is 3.07. The van der Waals surface area contributed by atoms with Gasteiger partial charge < -0.3 is 14.8 Å². The maximum Gasteiger partial charge on any atom is 0.266 e. The van der Waals surface area contributed by atoms with Gasteiger partial charge in [-0.25, -0.2) is 0 Å². The number of nitrogens with one attached hydrogen (secondary N) is 1. The molecule has 2 rings (SSSR count). The minimum Gasteiger partial charge on any atom is -0.497 e. The van der Waals surface area contributed by atoms with E-state index < -0.39 is 5.91 Å². The van der Waals surface area contributed by atoms with Crippen LogP contribution in [0, 0.1) is 14.9 Å². The summed E-state index contributed by atoms with van der Waals surface area (Å²) in [5, 5.41) is 12.1. The van der Waals surface area contributed by atoms with Gasteiger partial charge in [-0.3, -0.25) is 4.79 Å². The number of benzene rings is 2. The van der Waals surface area contributed by atoms with Crippen molar-refractivity contribution in [3.05, 3.63) is 57.2 Å². The van der Waals surface area contributed by atoms with E-state index in [1.54, 1.807) is 31.4 Å².